The molecule has 0 radical (unpaired) electrons. The Labute approximate surface area is 150 Å². The van der Waals surface area contributed by atoms with Crippen molar-refractivity contribution in [3.63, 3.8) is 0 Å². The van der Waals surface area contributed by atoms with E-state index in [2.05, 4.69) is 10.5 Å². The van der Waals surface area contributed by atoms with Crippen molar-refractivity contribution in [3.05, 3.63) is 63.2 Å². The largest absolute Gasteiger partial charge is 0.490 e. The SMILES string of the molecule is COc1ccc(/C=N\NC(=O)COc2cc(C)cc(C)c2)cc1[N+](=O)[O-]. The number of nitrogens with one attached hydrogen (secondary N) is 1. The zero-order valence-corrected chi connectivity index (χ0v) is 14.7. The van der Waals surface area contributed by atoms with Crippen molar-refractivity contribution in [2.75, 3.05) is 13.7 Å². The molecule has 0 fully saturated rings. The van der Waals surface area contributed by atoms with Crippen LogP contribution in [0.25, 0.3) is 0 Å². The summed E-state index contributed by atoms with van der Waals surface area (Å²) >= 11 is 0. The number of rotatable bonds is 7. The number of amides is 1. The monoisotopic (exact) mass is 357 g/mol. The fourth-order valence-electron chi connectivity index (χ4n) is 2.31. The van der Waals surface area contributed by atoms with E-state index in [9.17, 15) is 14.9 Å². The molecule has 26 heavy (non-hydrogen) atoms. The Balaban J connectivity index is 1.92. The highest BCUT2D eigenvalue weighted by molar-refractivity contribution is 5.84. The minimum absolute atomic E-state index is 0.151. The first-order chi connectivity index (χ1) is 12.4. The van der Waals surface area contributed by atoms with Crippen molar-refractivity contribution in [1.82, 2.24) is 5.43 Å². The van der Waals surface area contributed by atoms with Crippen LogP contribution in [0.15, 0.2) is 41.5 Å². The van der Waals surface area contributed by atoms with E-state index in [4.69, 9.17) is 9.47 Å². The Kier molecular flexibility index (Phi) is 6.26. The van der Waals surface area contributed by atoms with Gasteiger partial charge in [-0.3, -0.25) is 14.9 Å². The zero-order valence-electron chi connectivity index (χ0n) is 14.7. The predicted octanol–water partition coefficient (Wildman–Crippen LogP) is 2.75. The van der Waals surface area contributed by atoms with Gasteiger partial charge in [0, 0.05) is 11.6 Å². The van der Waals surface area contributed by atoms with Gasteiger partial charge in [-0.2, -0.15) is 5.10 Å². The van der Waals surface area contributed by atoms with E-state index in [1.165, 1.54) is 25.5 Å². The first kappa shape index (κ1) is 18.9. The Morgan fingerprint density at radius 2 is 1.92 bits per heavy atom. The molecule has 1 amide bonds. The van der Waals surface area contributed by atoms with Crippen LogP contribution >= 0.6 is 0 Å². The van der Waals surface area contributed by atoms with Crippen LogP contribution in [0, 0.1) is 24.0 Å². The van der Waals surface area contributed by atoms with Crippen LogP contribution in [0.3, 0.4) is 0 Å². The molecule has 136 valence electrons. The van der Waals surface area contributed by atoms with Crippen molar-refractivity contribution in [2.24, 2.45) is 5.10 Å². The third-order valence-corrected chi connectivity index (χ3v) is 3.37. The Bertz CT molecular complexity index is 828. The van der Waals surface area contributed by atoms with E-state index in [-0.39, 0.29) is 18.0 Å². The van der Waals surface area contributed by atoms with Crippen molar-refractivity contribution in [3.8, 4) is 11.5 Å². The summed E-state index contributed by atoms with van der Waals surface area (Å²) in [6.07, 6.45) is 1.31. The molecule has 8 nitrogen and oxygen atoms in total. The number of aryl methyl sites for hydroxylation is 2. The lowest BCUT2D eigenvalue weighted by Gasteiger charge is -2.07. The molecular weight excluding hydrogens is 338 g/mol. The predicted molar refractivity (Wildman–Crippen MR) is 96.8 cm³/mol. The summed E-state index contributed by atoms with van der Waals surface area (Å²) in [5, 5.41) is 14.8. The van der Waals surface area contributed by atoms with E-state index >= 15 is 0 Å². The van der Waals surface area contributed by atoms with Gasteiger partial charge in [0.15, 0.2) is 12.4 Å². The molecule has 0 unspecified atom stereocenters. The summed E-state index contributed by atoms with van der Waals surface area (Å²) in [6.45, 7) is 3.69. The van der Waals surface area contributed by atoms with Crippen molar-refractivity contribution >= 4 is 17.8 Å². The third-order valence-electron chi connectivity index (χ3n) is 3.37. The average Bonchev–Trinajstić information content (AvgIpc) is 2.59. The normalized spacial score (nSPS) is 10.6. The van der Waals surface area contributed by atoms with Crippen LogP contribution in [0.1, 0.15) is 16.7 Å². The Morgan fingerprint density at radius 3 is 2.54 bits per heavy atom. The number of hydrazone groups is 1. The molecule has 0 saturated carbocycles. The second kappa shape index (κ2) is 8.61. The highest BCUT2D eigenvalue weighted by atomic mass is 16.6. The van der Waals surface area contributed by atoms with Gasteiger partial charge < -0.3 is 9.47 Å². The van der Waals surface area contributed by atoms with Gasteiger partial charge in [-0.05, 0) is 49.2 Å². The van der Waals surface area contributed by atoms with Crippen molar-refractivity contribution in [2.45, 2.75) is 13.8 Å². The topological polar surface area (TPSA) is 103 Å². The zero-order chi connectivity index (χ0) is 19.1. The lowest BCUT2D eigenvalue weighted by atomic mass is 10.1. The maximum absolute atomic E-state index is 11.8. The van der Waals surface area contributed by atoms with Gasteiger partial charge in [-0.15, -0.1) is 0 Å². The van der Waals surface area contributed by atoms with Gasteiger partial charge in [-0.25, -0.2) is 5.43 Å². The number of benzene rings is 2. The summed E-state index contributed by atoms with van der Waals surface area (Å²) < 4.78 is 10.3. The highest BCUT2D eigenvalue weighted by Gasteiger charge is 2.14. The highest BCUT2D eigenvalue weighted by Crippen LogP contribution is 2.26. The van der Waals surface area contributed by atoms with Gasteiger partial charge in [0.05, 0.1) is 18.2 Å². The van der Waals surface area contributed by atoms with Crippen LogP contribution < -0.4 is 14.9 Å². The first-order valence-corrected chi connectivity index (χ1v) is 7.74. The lowest BCUT2D eigenvalue weighted by Crippen LogP contribution is -2.24. The van der Waals surface area contributed by atoms with Crippen LogP contribution in [0.2, 0.25) is 0 Å². The molecule has 0 aliphatic rings. The maximum Gasteiger partial charge on any atom is 0.311 e. The summed E-state index contributed by atoms with van der Waals surface area (Å²) in [6, 6.07) is 10.0. The van der Waals surface area contributed by atoms with Gasteiger partial charge in [0.25, 0.3) is 5.91 Å². The minimum atomic E-state index is -0.549. The Hall–Kier alpha value is -3.42. The summed E-state index contributed by atoms with van der Waals surface area (Å²) in [7, 11) is 1.35. The number of nitrogens with zero attached hydrogens (tertiary/aromatic N) is 2. The quantitative estimate of drug-likeness (QED) is 0.466. The van der Waals surface area contributed by atoms with E-state index in [0.29, 0.717) is 11.3 Å². The Morgan fingerprint density at radius 1 is 1.23 bits per heavy atom. The number of ether oxygens (including phenoxy) is 2. The molecular formula is C18H19N3O5. The molecule has 0 bridgehead atoms. The first-order valence-electron chi connectivity index (χ1n) is 7.74. The molecule has 2 aromatic carbocycles. The molecule has 0 saturated heterocycles. The second-order valence-electron chi connectivity index (χ2n) is 5.59. The second-order valence-corrected chi connectivity index (χ2v) is 5.59. The van der Waals surface area contributed by atoms with Crippen molar-refractivity contribution < 1.29 is 19.2 Å². The smallest absolute Gasteiger partial charge is 0.311 e. The number of hydrogen-bond acceptors (Lipinski definition) is 6. The maximum atomic E-state index is 11.8. The standard InChI is InChI=1S/C18H19N3O5/c1-12-6-13(2)8-15(7-12)26-11-18(22)20-19-10-14-4-5-17(25-3)16(9-14)21(23)24/h4-10H,11H2,1-3H3,(H,20,22)/b19-10-. The molecule has 0 aliphatic carbocycles. The number of nitro benzene ring substituents is 1. The number of nitro groups is 1. The third kappa shape index (κ3) is 5.30. The lowest BCUT2D eigenvalue weighted by molar-refractivity contribution is -0.385. The number of methoxy groups -OCH3 is 1. The molecule has 8 heteroatoms. The van der Waals surface area contributed by atoms with Gasteiger partial charge in [0.1, 0.15) is 5.75 Å². The molecule has 2 aromatic rings. The van der Waals surface area contributed by atoms with E-state index in [1.807, 2.05) is 32.0 Å². The summed E-state index contributed by atoms with van der Waals surface area (Å²) in [5.74, 6) is 0.314. The van der Waals surface area contributed by atoms with E-state index in [0.717, 1.165) is 11.1 Å². The fraction of sp³-hybridized carbons (Fsp3) is 0.222. The molecule has 0 heterocycles. The van der Waals surface area contributed by atoms with Gasteiger partial charge in [0.2, 0.25) is 0 Å². The van der Waals surface area contributed by atoms with Crippen LogP contribution in [-0.4, -0.2) is 30.8 Å². The molecule has 0 atom stereocenters. The van der Waals surface area contributed by atoms with Crippen molar-refractivity contribution in [1.29, 1.82) is 0 Å². The van der Waals surface area contributed by atoms with Gasteiger partial charge >= 0.3 is 5.69 Å². The van der Waals surface area contributed by atoms with E-state index < -0.39 is 10.8 Å². The van der Waals surface area contributed by atoms with Crippen LogP contribution in [-0.2, 0) is 4.79 Å². The fourth-order valence-corrected chi connectivity index (χ4v) is 2.31. The molecule has 0 aliphatic heterocycles. The number of hydrogen-bond donors (Lipinski definition) is 1. The van der Waals surface area contributed by atoms with E-state index in [1.54, 1.807) is 6.07 Å². The molecule has 0 spiro atoms. The van der Waals surface area contributed by atoms with Crippen LogP contribution in [0.4, 0.5) is 5.69 Å². The van der Waals surface area contributed by atoms with Gasteiger partial charge in [-0.1, -0.05) is 6.07 Å². The molecule has 2 rings (SSSR count). The number of carbonyl (C=O) groups excluding carboxylic acids is 1. The molecule has 1 N–H and O–H groups in total. The van der Waals surface area contributed by atoms with Crippen LogP contribution in [0.5, 0.6) is 11.5 Å². The summed E-state index contributed by atoms with van der Waals surface area (Å²) in [4.78, 5) is 22.2. The minimum Gasteiger partial charge on any atom is -0.490 e. The molecule has 0 aromatic heterocycles. The average molecular weight is 357 g/mol. The number of carbonyl (C=O) groups is 1. The summed E-state index contributed by atoms with van der Waals surface area (Å²) in [5.41, 5.74) is 4.67.